The van der Waals surface area contributed by atoms with Crippen molar-refractivity contribution < 1.29 is 4.79 Å². The van der Waals surface area contributed by atoms with Crippen LogP contribution < -0.4 is 16.4 Å². The van der Waals surface area contributed by atoms with Gasteiger partial charge in [0.1, 0.15) is 11.6 Å². The van der Waals surface area contributed by atoms with Gasteiger partial charge in [0.15, 0.2) is 0 Å². The quantitative estimate of drug-likeness (QED) is 0.454. The highest BCUT2D eigenvalue weighted by Crippen LogP contribution is 2.20. The Morgan fingerprint density at radius 2 is 1.96 bits per heavy atom. The van der Waals surface area contributed by atoms with Crippen molar-refractivity contribution >= 4 is 34.6 Å². The van der Waals surface area contributed by atoms with E-state index in [1.165, 1.54) is 6.20 Å². The molecular formula is C17H15ClN4O. The summed E-state index contributed by atoms with van der Waals surface area (Å²) in [7, 11) is 0. The van der Waals surface area contributed by atoms with Crippen LogP contribution in [0.5, 0.6) is 0 Å². The molecule has 2 rings (SSSR count). The van der Waals surface area contributed by atoms with Gasteiger partial charge in [-0.3, -0.25) is 4.79 Å². The van der Waals surface area contributed by atoms with E-state index in [1.807, 2.05) is 25.1 Å². The molecule has 0 aliphatic rings. The van der Waals surface area contributed by atoms with Gasteiger partial charge in [-0.25, -0.2) is 0 Å². The van der Waals surface area contributed by atoms with Gasteiger partial charge in [-0.05, 0) is 48.9 Å². The van der Waals surface area contributed by atoms with E-state index in [1.54, 1.807) is 30.3 Å². The minimum atomic E-state index is -0.520. The maximum atomic E-state index is 12.1. The third-order valence-corrected chi connectivity index (χ3v) is 3.30. The van der Waals surface area contributed by atoms with Crippen molar-refractivity contribution in [2.24, 2.45) is 0 Å². The second kappa shape index (κ2) is 7.34. The number of rotatable bonds is 4. The molecule has 2 aromatic rings. The van der Waals surface area contributed by atoms with Crippen LogP contribution in [0.2, 0.25) is 5.02 Å². The molecule has 0 aromatic heterocycles. The number of hydrogen-bond donors (Lipinski definition) is 3. The van der Waals surface area contributed by atoms with Gasteiger partial charge in [-0.2, -0.15) is 5.26 Å². The number of aryl methyl sites for hydroxylation is 1. The lowest BCUT2D eigenvalue weighted by atomic mass is 10.2. The Morgan fingerprint density at radius 3 is 2.61 bits per heavy atom. The van der Waals surface area contributed by atoms with Crippen LogP contribution in [0.15, 0.2) is 54.2 Å². The molecular weight excluding hydrogens is 312 g/mol. The first-order chi connectivity index (χ1) is 11.0. The highest BCUT2D eigenvalue weighted by Gasteiger charge is 2.09. The fourth-order valence-corrected chi connectivity index (χ4v) is 1.95. The Kier molecular flexibility index (Phi) is 5.23. The third-order valence-electron chi connectivity index (χ3n) is 3.05. The van der Waals surface area contributed by atoms with E-state index in [0.29, 0.717) is 22.1 Å². The molecule has 0 fully saturated rings. The summed E-state index contributed by atoms with van der Waals surface area (Å²) in [6, 6.07) is 13.9. The van der Waals surface area contributed by atoms with Crippen LogP contribution in [-0.4, -0.2) is 5.91 Å². The van der Waals surface area contributed by atoms with E-state index in [-0.39, 0.29) is 5.57 Å². The van der Waals surface area contributed by atoms with Crippen LogP contribution >= 0.6 is 11.6 Å². The van der Waals surface area contributed by atoms with E-state index in [0.717, 1.165) is 5.56 Å². The van der Waals surface area contributed by atoms with Gasteiger partial charge in [-0.1, -0.05) is 17.7 Å². The highest BCUT2D eigenvalue weighted by atomic mass is 35.5. The van der Waals surface area contributed by atoms with Gasteiger partial charge >= 0.3 is 0 Å². The summed E-state index contributed by atoms with van der Waals surface area (Å²) in [6.45, 7) is 1.92. The Labute approximate surface area is 139 Å². The number of carbonyl (C=O) groups excluding carboxylic acids is 1. The minimum Gasteiger partial charge on any atom is -0.397 e. The summed E-state index contributed by atoms with van der Waals surface area (Å²) in [4.78, 5) is 12.1. The zero-order chi connectivity index (χ0) is 16.8. The van der Waals surface area contributed by atoms with Crippen molar-refractivity contribution in [3.8, 4) is 6.07 Å². The van der Waals surface area contributed by atoms with Crippen LogP contribution in [0.3, 0.4) is 0 Å². The first kappa shape index (κ1) is 16.4. The number of anilines is 3. The largest absolute Gasteiger partial charge is 0.397 e. The summed E-state index contributed by atoms with van der Waals surface area (Å²) < 4.78 is 0. The zero-order valence-corrected chi connectivity index (χ0v) is 13.2. The summed E-state index contributed by atoms with van der Waals surface area (Å²) in [5, 5.41) is 15.2. The molecule has 0 unspecified atom stereocenters. The summed E-state index contributed by atoms with van der Waals surface area (Å²) in [6.07, 6.45) is 1.33. The molecule has 0 saturated carbocycles. The maximum Gasteiger partial charge on any atom is 0.267 e. The summed E-state index contributed by atoms with van der Waals surface area (Å²) in [5.41, 5.74) is 8.51. The van der Waals surface area contributed by atoms with E-state index in [9.17, 15) is 4.79 Å². The number of benzene rings is 2. The molecule has 2 aromatic carbocycles. The molecule has 6 heteroatoms. The molecule has 0 saturated heterocycles. The number of nitrogens with two attached hydrogens (primary N) is 1. The molecule has 1 amide bonds. The second-order valence-electron chi connectivity index (χ2n) is 4.87. The number of nitrogens with zero attached hydrogens (tertiary/aromatic N) is 1. The van der Waals surface area contributed by atoms with E-state index in [4.69, 9.17) is 22.6 Å². The molecule has 0 atom stereocenters. The summed E-state index contributed by atoms with van der Waals surface area (Å²) >= 11 is 5.78. The fraction of sp³-hybridized carbons (Fsp3) is 0.0588. The van der Waals surface area contributed by atoms with E-state index in [2.05, 4.69) is 10.6 Å². The molecule has 4 N–H and O–H groups in total. The van der Waals surface area contributed by atoms with Gasteiger partial charge in [0.25, 0.3) is 5.91 Å². The standard InChI is InChI=1S/C17H15ClN4O/c1-11-2-7-15(20)16(8-11)21-10-12(9-19)17(23)22-14-5-3-13(18)4-6-14/h2-8,10,21H,20H2,1H3,(H,22,23)/b12-10-. The maximum absolute atomic E-state index is 12.1. The highest BCUT2D eigenvalue weighted by molar-refractivity contribution is 6.30. The van der Waals surface area contributed by atoms with Gasteiger partial charge in [-0.15, -0.1) is 0 Å². The van der Waals surface area contributed by atoms with Crippen molar-refractivity contribution in [1.29, 1.82) is 5.26 Å². The van der Waals surface area contributed by atoms with Crippen LogP contribution in [0, 0.1) is 18.3 Å². The normalized spacial score (nSPS) is 10.7. The number of nitriles is 1. The van der Waals surface area contributed by atoms with E-state index < -0.39 is 5.91 Å². The zero-order valence-electron chi connectivity index (χ0n) is 12.4. The Hall–Kier alpha value is -2.97. The van der Waals surface area contributed by atoms with Gasteiger partial charge < -0.3 is 16.4 Å². The lowest BCUT2D eigenvalue weighted by Crippen LogP contribution is -2.14. The van der Waals surface area contributed by atoms with Crippen LogP contribution in [0.4, 0.5) is 17.1 Å². The minimum absolute atomic E-state index is 0.0687. The van der Waals surface area contributed by atoms with Crippen LogP contribution in [-0.2, 0) is 4.79 Å². The average molecular weight is 327 g/mol. The predicted molar refractivity (Wildman–Crippen MR) is 93.0 cm³/mol. The topological polar surface area (TPSA) is 90.9 Å². The molecule has 5 nitrogen and oxygen atoms in total. The molecule has 0 radical (unpaired) electrons. The summed E-state index contributed by atoms with van der Waals surface area (Å²) in [5.74, 6) is -0.520. The Morgan fingerprint density at radius 1 is 1.26 bits per heavy atom. The lowest BCUT2D eigenvalue weighted by Gasteiger charge is -2.08. The molecule has 0 aliphatic heterocycles. The number of nitrogens with one attached hydrogen (secondary N) is 2. The number of halogens is 1. The van der Waals surface area contributed by atoms with Crippen molar-refractivity contribution in [3.05, 3.63) is 64.8 Å². The van der Waals surface area contributed by atoms with Crippen molar-refractivity contribution in [3.63, 3.8) is 0 Å². The SMILES string of the molecule is Cc1ccc(N)c(N/C=C(/C#N)C(=O)Nc2ccc(Cl)cc2)c1. The van der Waals surface area contributed by atoms with Gasteiger partial charge in [0, 0.05) is 16.9 Å². The van der Waals surface area contributed by atoms with Crippen molar-refractivity contribution in [2.75, 3.05) is 16.4 Å². The predicted octanol–water partition coefficient (Wildman–Crippen LogP) is 3.69. The smallest absolute Gasteiger partial charge is 0.267 e. The average Bonchev–Trinajstić information content (AvgIpc) is 2.53. The fourth-order valence-electron chi connectivity index (χ4n) is 1.83. The number of carbonyl (C=O) groups is 1. The molecule has 0 bridgehead atoms. The number of amides is 1. The van der Waals surface area contributed by atoms with Crippen molar-refractivity contribution in [2.45, 2.75) is 6.92 Å². The van der Waals surface area contributed by atoms with Gasteiger partial charge in [0.2, 0.25) is 0 Å². The van der Waals surface area contributed by atoms with Crippen molar-refractivity contribution in [1.82, 2.24) is 0 Å². The Bertz CT molecular complexity index is 791. The van der Waals surface area contributed by atoms with Gasteiger partial charge in [0.05, 0.1) is 11.4 Å². The molecule has 0 aliphatic carbocycles. The monoisotopic (exact) mass is 326 g/mol. The molecule has 0 heterocycles. The lowest BCUT2D eigenvalue weighted by molar-refractivity contribution is -0.112. The Balaban J connectivity index is 2.12. The number of nitrogen functional groups attached to an aromatic ring is 1. The van der Waals surface area contributed by atoms with Crippen LogP contribution in [0.25, 0.3) is 0 Å². The number of hydrogen-bond acceptors (Lipinski definition) is 4. The molecule has 116 valence electrons. The first-order valence-electron chi connectivity index (χ1n) is 6.79. The molecule has 0 spiro atoms. The first-order valence-corrected chi connectivity index (χ1v) is 7.17. The second-order valence-corrected chi connectivity index (χ2v) is 5.30. The van der Waals surface area contributed by atoms with E-state index >= 15 is 0 Å². The third kappa shape index (κ3) is 4.50. The van der Waals surface area contributed by atoms with Crippen LogP contribution in [0.1, 0.15) is 5.56 Å². The molecule has 23 heavy (non-hydrogen) atoms.